The SMILES string of the molecule is COc1cc(-c2nnc(-c3ccc(OC)c(OC)c3OC)o2)cc(OC)c1OC. The summed E-state index contributed by atoms with van der Waals surface area (Å²) in [5.41, 5.74) is 1.18. The van der Waals surface area contributed by atoms with E-state index in [1.54, 1.807) is 31.4 Å². The van der Waals surface area contributed by atoms with Crippen molar-refractivity contribution in [3.63, 3.8) is 0 Å². The first-order valence-corrected chi connectivity index (χ1v) is 8.55. The van der Waals surface area contributed by atoms with Crippen molar-refractivity contribution in [3.8, 4) is 57.4 Å². The van der Waals surface area contributed by atoms with Crippen LogP contribution in [0.3, 0.4) is 0 Å². The zero-order valence-electron chi connectivity index (χ0n) is 17.1. The second-order valence-corrected chi connectivity index (χ2v) is 5.71. The molecule has 0 spiro atoms. The largest absolute Gasteiger partial charge is 0.493 e. The molecule has 0 saturated heterocycles. The molecule has 0 amide bonds. The first-order chi connectivity index (χ1) is 14.1. The molecule has 1 aromatic heterocycles. The Morgan fingerprint density at radius 3 is 1.66 bits per heavy atom. The van der Waals surface area contributed by atoms with Crippen molar-refractivity contribution >= 4 is 0 Å². The number of hydrogen-bond acceptors (Lipinski definition) is 9. The molecule has 0 aliphatic rings. The first kappa shape index (κ1) is 20.1. The third-order valence-corrected chi connectivity index (χ3v) is 4.27. The zero-order chi connectivity index (χ0) is 21.0. The second-order valence-electron chi connectivity index (χ2n) is 5.71. The van der Waals surface area contributed by atoms with Crippen molar-refractivity contribution in [2.45, 2.75) is 0 Å². The number of rotatable bonds is 8. The van der Waals surface area contributed by atoms with E-state index >= 15 is 0 Å². The van der Waals surface area contributed by atoms with E-state index in [4.69, 9.17) is 32.8 Å². The van der Waals surface area contributed by atoms with Crippen LogP contribution in [0, 0.1) is 0 Å². The Morgan fingerprint density at radius 1 is 0.586 bits per heavy atom. The summed E-state index contributed by atoms with van der Waals surface area (Å²) in [4.78, 5) is 0. The minimum Gasteiger partial charge on any atom is -0.493 e. The van der Waals surface area contributed by atoms with Crippen LogP contribution in [0.2, 0.25) is 0 Å². The number of ether oxygens (including phenoxy) is 6. The molecule has 3 rings (SSSR count). The summed E-state index contributed by atoms with van der Waals surface area (Å²) in [6.07, 6.45) is 0. The van der Waals surface area contributed by atoms with Gasteiger partial charge in [0.15, 0.2) is 23.0 Å². The van der Waals surface area contributed by atoms with Crippen LogP contribution in [0.15, 0.2) is 28.7 Å². The smallest absolute Gasteiger partial charge is 0.252 e. The summed E-state index contributed by atoms with van der Waals surface area (Å²) in [5.74, 6) is 3.34. The van der Waals surface area contributed by atoms with E-state index in [-0.39, 0.29) is 11.8 Å². The fourth-order valence-corrected chi connectivity index (χ4v) is 2.92. The highest BCUT2D eigenvalue weighted by Gasteiger charge is 2.22. The van der Waals surface area contributed by atoms with Crippen molar-refractivity contribution in [1.82, 2.24) is 10.2 Å². The molecule has 0 bridgehead atoms. The van der Waals surface area contributed by atoms with Gasteiger partial charge in [-0.05, 0) is 24.3 Å². The molecular weight excluding hydrogens is 380 g/mol. The van der Waals surface area contributed by atoms with E-state index in [1.165, 1.54) is 35.5 Å². The van der Waals surface area contributed by atoms with E-state index in [0.717, 1.165) is 0 Å². The molecule has 2 aromatic carbocycles. The average molecular weight is 402 g/mol. The van der Waals surface area contributed by atoms with Gasteiger partial charge in [0, 0.05) is 5.56 Å². The van der Waals surface area contributed by atoms with Crippen LogP contribution in [-0.4, -0.2) is 52.9 Å². The van der Waals surface area contributed by atoms with E-state index in [1.807, 2.05) is 0 Å². The topological polar surface area (TPSA) is 94.3 Å². The van der Waals surface area contributed by atoms with Crippen LogP contribution in [0.1, 0.15) is 0 Å². The predicted octanol–water partition coefficient (Wildman–Crippen LogP) is 3.46. The highest BCUT2D eigenvalue weighted by molar-refractivity contribution is 5.72. The Kier molecular flexibility index (Phi) is 5.96. The molecule has 0 saturated carbocycles. The lowest BCUT2D eigenvalue weighted by molar-refractivity contribution is 0.324. The van der Waals surface area contributed by atoms with Gasteiger partial charge in [-0.25, -0.2) is 0 Å². The lowest BCUT2D eigenvalue weighted by Gasteiger charge is -2.14. The monoisotopic (exact) mass is 402 g/mol. The average Bonchev–Trinajstić information content (AvgIpc) is 3.26. The van der Waals surface area contributed by atoms with Crippen LogP contribution >= 0.6 is 0 Å². The maximum absolute atomic E-state index is 5.89. The third kappa shape index (κ3) is 3.58. The molecule has 0 aliphatic heterocycles. The van der Waals surface area contributed by atoms with Crippen LogP contribution in [0.5, 0.6) is 34.5 Å². The van der Waals surface area contributed by atoms with Crippen LogP contribution in [0.25, 0.3) is 22.9 Å². The van der Waals surface area contributed by atoms with Gasteiger partial charge in [0.1, 0.15) is 0 Å². The first-order valence-electron chi connectivity index (χ1n) is 8.55. The number of methoxy groups -OCH3 is 6. The zero-order valence-corrected chi connectivity index (χ0v) is 17.1. The Hall–Kier alpha value is -3.62. The highest BCUT2D eigenvalue weighted by Crippen LogP contribution is 2.45. The Labute approximate surface area is 168 Å². The molecule has 0 radical (unpaired) electrons. The van der Waals surface area contributed by atoms with Crippen molar-refractivity contribution in [2.24, 2.45) is 0 Å². The van der Waals surface area contributed by atoms with Crippen LogP contribution in [-0.2, 0) is 0 Å². The van der Waals surface area contributed by atoms with E-state index < -0.39 is 0 Å². The molecule has 1 heterocycles. The van der Waals surface area contributed by atoms with Crippen LogP contribution in [0.4, 0.5) is 0 Å². The van der Waals surface area contributed by atoms with E-state index in [0.29, 0.717) is 45.6 Å². The lowest BCUT2D eigenvalue weighted by atomic mass is 10.1. The summed E-state index contributed by atoms with van der Waals surface area (Å²) in [6.45, 7) is 0. The number of hydrogen-bond donors (Lipinski definition) is 0. The maximum Gasteiger partial charge on any atom is 0.252 e. The maximum atomic E-state index is 5.89. The minimum atomic E-state index is 0.256. The fourth-order valence-electron chi connectivity index (χ4n) is 2.92. The normalized spacial score (nSPS) is 10.4. The molecule has 0 unspecified atom stereocenters. The van der Waals surface area contributed by atoms with Gasteiger partial charge in [-0.15, -0.1) is 10.2 Å². The van der Waals surface area contributed by atoms with Gasteiger partial charge in [-0.3, -0.25) is 0 Å². The third-order valence-electron chi connectivity index (χ3n) is 4.27. The summed E-state index contributed by atoms with van der Waals surface area (Å²) < 4.78 is 38.2. The van der Waals surface area contributed by atoms with Gasteiger partial charge in [0.2, 0.25) is 17.4 Å². The minimum absolute atomic E-state index is 0.256. The number of nitrogens with zero attached hydrogens (tertiary/aromatic N) is 2. The van der Waals surface area contributed by atoms with Gasteiger partial charge in [0.25, 0.3) is 5.89 Å². The molecule has 154 valence electrons. The Balaban J connectivity index is 2.09. The highest BCUT2D eigenvalue weighted by atomic mass is 16.5. The van der Waals surface area contributed by atoms with Gasteiger partial charge in [-0.1, -0.05) is 0 Å². The molecule has 3 aromatic rings. The van der Waals surface area contributed by atoms with E-state index in [2.05, 4.69) is 10.2 Å². The van der Waals surface area contributed by atoms with Gasteiger partial charge in [-0.2, -0.15) is 0 Å². The van der Waals surface area contributed by atoms with Gasteiger partial charge >= 0.3 is 0 Å². The summed E-state index contributed by atoms with van der Waals surface area (Å²) >= 11 is 0. The second kappa shape index (κ2) is 8.59. The summed E-state index contributed by atoms with van der Waals surface area (Å²) in [7, 11) is 9.21. The summed E-state index contributed by atoms with van der Waals surface area (Å²) in [5, 5.41) is 8.30. The molecule has 29 heavy (non-hydrogen) atoms. The molecule has 0 N–H and O–H groups in total. The van der Waals surface area contributed by atoms with Crippen molar-refractivity contribution in [2.75, 3.05) is 42.7 Å². The van der Waals surface area contributed by atoms with Crippen molar-refractivity contribution in [3.05, 3.63) is 24.3 Å². The van der Waals surface area contributed by atoms with Gasteiger partial charge in [0.05, 0.1) is 48.2 Å². The van der Waals surface area contributed by atoms with Crippen LogP contribution < -0.4 is 28.4 Å². The fraction of sp³-hybridized carbons (Fsp3) is 0.300. The Bertz CT molecular complexity index is 975. The molecule has 9 nitrogen and oxygen atoms in total. The number of benzene rings is 2. The predicted molar refractivity (Wildman–Crippen MR) is 104 cm³/mol. The summed E-state index contributed by atoms with van der Waals surface area (Å²) in [6, 6.07) is 6.95. The van der Waals surface area contributed by atoms with Crippen molar-refractivity contribution in [1.29, 1.82) is 0 Å². The quantitative estimate of drug-likeness (QED) is 0.561. The standard InChI is InChI=1S/C20H22N2O7/c1-23-13-8-7-12(16(26-4)18(13)28-6)20-22-21-19(29-20)11-9-14(24-2)17(27-5)15(10-11)25-3/h7-10H,1-6H3. The molecule has 0 atom stereocenters. The lowest BCUT2D eigenvalue weighted by Crippen LogP contribution is -1.97. The van der Waals surface area contributed by atoms with Crippen molar-refractivity contribution < 1.29 is 32.8 Å². The molecule has 0 fully saturated rings. The number of aromatic nitrogens is 2. The Morgan fingerprint density at radius 2 is 1.14 bits per heavy atom. The van der Waals surface area contributed by atoms with Gasteiger partial charge < -0.3 is 32.8 Å². The molecule has 9 heteroatoms. The molecular formula is C20H22N2O7. The van der Waals surface area contributed by atoms with E-state index in [9.17, 15) is 0 Å². The molecule has 0 aliphatic carbocycles.